The zero-order valence-electron chi connectivity index (χ0n) is 12.8. The Kier molecular flexibility index (Phi) is 4.25. The number of hydrogen-bond donors (Lipinski definition) is 3. The molecule has 0 unspecified atom stereocenters. The Morgan fingerprint density at radius 1 is 1.25 bits per heavy atom. The Balaban J connectivity index is 1.89. The van der Waals surface area contributed by atoms with Crippen LogP contribution in [0.3, 0.4) is 0 Å². The molecule has 24 heavy (non-hydrogen) atoms. The molecule has 4 N–H and O–H groups in total. The minimum absolute atomic E-state index is 0.0105. The number of amides is 1. The van der Waals surface area contributed by atoms with Crippen LogP contribution in [-0.4, -0.2) is 20.4 Å². The van der Waals surface area contributed by atoms with Gasteiger partial charge in [0.15, 0.2) is 0 Å². The molecule has 8 heteroatoms. The van der Waals surface area contributed by atoms with Gasteiger partial charge in [-0.05, 0) is 36.8 Å². The van der Waals surface area contributed by atoms with Gasteiger partial charge in [0, 0.05) is 17.3 Å². The molecule has 1 amide bonds. The quantitative estimate of drug-likeness (QED) is 0.776. The number of halogens is 1. The van der Waals surface area contributed by atoms with Crippen LogP contribution in [0.2, 0.25) is 5.02 Å². The molecule has 0 saturated heterocycles. The van der Waals surface area contributed by atoms with E-state index in [4.69, 9.17) is 16.7 Å². The number of carbonyl (C=O) groups is 1. The second-order valence-electron chi connectivity index (χ2n) is 5.66. The van der Waals surface area contributed by atoms with Crippen molar-refractivity contribution in [1.29, 1.82) is 0 Å². The van der Waals surface area contributed by atoms with E-state index in [1.807, 2.05) is 31.2 Å². The second kappa shape index (κ2) is 6.08. The van der Waals surface area contributed by atoms with E-state index in [0.717, 1.165) is 11.3 Å². The summed E-state index contributed by atoms with van der Waals surface area (Å²) in [5.41, 5.74) is 2.13. The second-order valence-corrected chi connectivity index (χ2v) is 7.60. The molecule has 0 aromatic heterocycles. The summed E-state index contributed by atoms with van der Waals surface area (Å²) in [6.07, 6.45) is 0. The van der Waals surface area contributed by atoms with Gasteiger partial charge in [-0.2, -0.15) is 0 Å². The fraction of sp³-hybridized carbons (Fsp3) is 0.188. The summed E-state index contributed by atoms with van der Waals surface area (Å²) in [4.78, 5) is 12.3. The van der Waals surface area contributed by atoms with Crippen molar-refractivity contribution in [2.45, 2.75) is 23.9 Å². The van der Waals surface area contributed by atoms with Crippen LogP contribution in [0.4, 0.5) is 5.69 Å². The number of anilines is 1. The van der Waals surface area contributed by atoms with Gasteiger partial charge in [0.05, 0.1) is 11.1 Å². The molecule has 126 valence electrons. The van der Waals surface area contributed by atoms with Crippen LogP contribution in [0, 0.1) is 0 Å². The number of nitrogens with two attached hydrogens (primary N) is 1. The first-order chi connectivity index (χ1) is 11.3. The molecule has 0 radical (unpaired) electrons. The molecule has 0 aliphatic carbocycles. The molecule has 0 saturated carbocycles. The summed E-state index contributed by atoms with van der Waals surface area (Å²) in [7, 11) is -4.00. The summed E-state index contributed by atoms with van der Waals surface area (Å²) in [6.45, 7) is 1.96. The Morgan fingerprint density at radius 3 is 2.67 bits per heavy atom. The molecule has 1 heterocycles. The van der Waals surface area contributed by atoms with Gasteiger partial charge in [-0.15, -0.1) is 0 Å². The Bertz CT molecular complexity index is 915. The van der Waals surface area contributed by atoms with Crippen LogP contribution in [0.15, 0.2) is 47.4 Å². The topological polar surface area (TPSA) is 101 Å². The molecule has 1 aliphatic heterocycles. The molecule has 0 bridgehead atoms. The highest BCUT2D eigenvalue weighted by Gasteiger charge is 2.30. The summed E-state index contributed by atoms with van der Waals surface area (Å²) in [5.74, 6) is -0.396. The fourth-order valence-corrected chi connectivity index (χ4v) is 3.86. The number of benzene rings is 2. The predicted molar refractivity (Wildman–Crippen MR) is 92.6 cm³/mol. The fourth-order valence-electron chi connectivity index (χ4n) is 2.79. The van der Waals surface area contributed by atoms with Crippen LogP contribution in [0.5, 0.6) is 0 Å². The third-order valence-electron chi connectivity index (χ3n) is 3.97. The van der Waals surface area contributed by atoms with Crippen molar-refractivity contribution in [2.24, 2.45) is 5.14 Å². The lowest BCUT2D eigenvalue weighted by atomic mass is 10.0. The van der Waals surface area contributed by atoms with Crippen molar-refractivity contribution in [3.05, 3.63) is 58.6 Å². The van der Waals surface area contributed by atoms with Gasteiger partial charge in [0.25, 0.3) is 5.91 Å². The smallest absolute Gasteiger partial charge is 0.251 e. The lowest BCUT2D eigenvalue weighted by molar-refractivity contribution is 0.0934. The molecule has 1 aliphatic rings. The number of hydrogen-bond acceptors (Lipinski definition) is 4. The van der Waals surface area contributed by atoms with E-state index < -0.39 is 15.9 Å². The van der Waals surface area contributed by atoms with E-state index in [2.05, 4.69) is 10.6 Å². The minimum atomic E-state index is -4.00. The maximum Gasteiger partial charge on any atom is 0.251 e. The Labute approximate surface area is 145 Å². The third-order valence-corrected chi connectivity index (χ3v) is 5.36. The van der Waals surface area contributed by atoms with Gasteiger partial charge in [-0.3, -0.25) is 4.79 Å². The highest BCUT2D eigenvalue weighted by Crippen LogP contribution is 2.34. The summed E-state index contributed by atoms with van der Waals surface area (Å²) in [6, 6.07) is 11.5. The van der Waals surface area contributed by atoms with Crippen LogP contribution < -0.4 is 15.8 Å². The predicted octanol–water partition coefficient (Wildman–Crippen LogP) is 2.27. The van der Waals surface area contributed by atoms with Crippen molar-refractivity contribution in [3.8, 4) is 0 Å². The van der Waals surface area contributed by atoms with E-state index in [1.165, 1.54) is 18.2 Å². The standard InChI is InChI=1S/C16H16ClN3O3S/c1-9-15(11-4-2-3-5-13(11)19-9)20-16(21)10-6-7-12(17)14(8-10)24(18,22)23/h2-9,15,19H,1H3,(H,20,21)(H2,18,22,23)/t9-,15-/m0/s1. The van der Waals surface area contributed by atoms with E-state index in [-0.39, 0.29) is 27.6 Å². The third kappa shape index (κ3) is 3.10. The highest BCUT2D eigenvalue weighted by molar-refractivity contribution is 7.89. The lowest BCUT2D eigenvalue weighted by Gasteiger charge is -2.18. The van der Waals surface area contributed by atoms with Crippen LogP contribution in [0.25, 0.3) is 0 Å². The number of fused-ring (bicyclic) bond motifs is 1. The molecule has 2 atom stereocenters. The van der Waals surface area contributed by atoms with E-state index in [0.29, 0.717) is 0 Å². The average molecular weight is 366 g/mol. The molecule has 2 aromatic rings. The summed E-state index contributed by atoms with van der Waals surface area (Å²) in [5, 5.41) is 11.3. The number of sulfonamides is 1. The van der Waals surface area contributed by atoms with Crippen molar-refractivity contribution < 1.29 is 13.2 Å². The van der Waals surface area contributed by atoms with Gasteiger partial charge >= 0.3 is 0 Å². The largest absolute Gasteiger partial charge is 0.380 e. The molecule has 2 aromatic carbocycles. The maximum absolute atomic E-state index is 12.5. The normalized spacial score (nSPS) is 19.5. The molecular weight excluding hydrogens is 350 g/mol. The van der Waals surface area contributed by atoms with Gasteiger partial charge in [0.1, 0.15) is 4.90 Å². The van der Waals surface area contributed by atoms with E-state index in [1.54, 1.807) is 0 Å². The summed E-state index contributed by atoms with van der Waals surface area (Å²) >= 11 is 5.85. The van der Waals surface area contributed by atoms with Crippen molar-refractivity contribution in [2.75, 3.05) is 5.32 Å². The number of primary sulfonamides is 1. The molecule has 3 rings (SSSR count). The summed E-state index contributed by atoms with van der Waals surface area (Å²) < 4.78 is 23.1. The number of carbonyl (C=O) groups excluding carboxylic acids is 1. The number of rotatable bonds is 3. The SMILES string of the molecule is C[C@@H]1Nc2ccccc2[C@H]1NC(=O)c1ccc(Cl)c(S(N)(=O)=O)c1. The number of para-hydroxylation sites is 1. The van der Waals surface area contributed by atoms with Gasteiger partial charge in [-0.1, -0.05) is 29.8 Å². The van der Waals surface area contributed by atoms with Crippen LogP contribution in [-0.2, 0) is 10.0 Å². The van der Waals surface area contributed by atoms with Crippen LogP contribution >= 0.6 is 11.6 Å². The van der Waals surface area contributed by atoms with Gasteiger partial charge in [0.2, 0.25) is 10.0 Å². The molecule has 0 fully saturated rings. The zero-order chi connectivity index (χ0) is 17.5. The molecule has 6 nitrogen and oxygen atoms in total. The minimum Gasteiger partial charge on any atom is -0.380 e. The van der Waals surface area contributed by atoms with Gasteiger partial charge in [-0.25, -0.2) is 13.6 Å². The monoisotopic (exact) mass is 365 g/mol. The van der Waals surface area contributed by atoms with Crippen molar-refractivity contribution in [1.82, 2.24) is 5.32 Å². The number of nitrogens with one attached hydrogen (secondary N) is 2. The van der Waals surface area contributed by atoms with E-state index in [9.17, 15) is 13.2 Å². The first-order valence-electron chi connectivity index (χ1n) is 7.26. The highest BCUT2D eigenvalue weighted by atomic mass is 35.5. The zero-order valence-corrected chi connectivity index (χ0v) is 14.4. The molecular formula is C16H16ClN3O3S. The average Bonchev–Trinajstić information content (AvgIpc) is 2.82. The Morgan fingerprint density at radius 2 is 1.96 bits per heavy atom. The Hall–Kier alpha value is -2.09. The van der Waals surface area contributed by atoms with Crippen molar-refractivity contribution in [3.63, 3.8) is 0 Å². The molecule has 0 spiro atoms. The first kappa shape index (κ1) is 16.8. The maximum atomic E-state index is 12.5. The van der Waals surface area contributed by atoms with Gasteiger partial charge < -0.3 is 10.6 Å². The van der Waals surface area contributed by atoms with E-state index >= 15 is 0 Å². The van der Waals surface area contributed by atoms with Crippen LogP contribution in [0.1, 0.15) is 28.9 Å². The lowest BCUT2D eigenvalue weighted by Crippen LogP contribution is -2.34. The van der Waals surface area contributed by atoms with Crippen molar-refractivity contribution >= 4 is 33.2 Å². The first-order valence-corrected chi connectivity index (χ1v) is 9.18.